The van der Waals surface area contributed by atoms with Gasteiger partial charge in [-0.25, -0.2) is 4.98 Å². The number of amides is 3. The molecule has 44 heavy (non-hydrogen) atoms. The van der Waals surface area contributed by atoms with E-state index in [1.165, 1.54) is 22.7 Å². The first-order valence-electron chi connectivity index (χ1n) is 16.0. The van der Waals surface area contributed by atoms with E-state index < -0.39 is 24.2 Å². The van der Waals surface area contributed by atoms with Gasteiger partial charge in [0.25, 0.3) is 0 Å². The lowest BCUT2D eigenvalue weighted by atomic mass is 9.82. The first kappa shape index (κ1) is 35.7. The highest BCUT2D eigenvalue weighted by Crippen LogP contribution is 2.30. The highest BCUT2D eigenvalue weighted by atomic mass is 32.1. The minimum Gasteiger partial charge on any atom is -0.390 e. The number of aromatic nitrogens is 1. The predicted octanol–water partition coefficient (Wildman–Crippen LogP) is 4.59. The Hall–Kier alpha value is -2.82. The Bertz CT molecular complexity index is 1150. The maximum atomic E-state index is 14.0. The molecule has 1 aromatic heterocycles. The third-order valence-electron chi connectivity index (χ3n) is 8.76. The monoisotopic (exact) mass is 628 g/mol. The normalized spacial score (nSPS) is 17.4. The van der Waals surface area contributed by atoms with Crippen molar-refractivity contribution in [3.05, 3.63) is 52.5 Å². The van der Waals surface area contributed by atoms with Crippen LogP contribution in [-0.4, -0.2) is 81.6 Å². The van der Waals surface area contributed by atoms with E-state index in [1.54, 1.807) is 24.5 Å². The maximum Gasteiger partial charge on any atom is 0.241 e. The number of carbonyl (C=O) groups is 3. The van der Waals surface area contributed by atoms with Gasteiger partial charge < -0.3 is 25.3 Å². The zero-order valence-corrected chi connectivity index (χ0v) is 27.8. The quantitative estimate of drug-likeness (QED) is 0.250. The van der Waals surface area contributed by atoms with Gasteiger partial charge >= 0.3 is 0 Å². The van der Waals surface area contributed by atoms with Crippen molar-refractivity contribution in [3.63, 3.8) is 0 Å². The van der Waals surface area contributed by atoms with Crippen LogP contribution in [-0.2, 0) is 20.8 Å². The molecule has 3 rings (SSSR count). The highest BCUT2D eigenvalue weighted by molar-refractivity contribution is 7.07. The molecule has 10 heteroatoms. The third kappa shape index (κ3) is 11.0. The molecule has 3 amide bonds. The average molecular weight is 629 g/mol. The number of hydrogen-bond acceptors (Lipinski definition) is 7. The summed E-state index contributed by atoms with van der Waals surface area (Å²) in [5.41, 5.74) is 3.30. The van der Waals surface area contributed by atoms with Crippen molar-refractivity contribution in [3.8, 4) is 0 Å². The van der Waals surface area contributed by atoms with Gasteiger partial charge in [-0.3, -0.25) is 14.4 Å². The summed E-state index contributed by atoms with van der Waals surface area (Å²) >= 11 is 1.42. The minimum atomic E-state index is -1.12. The maximum absolute atomic E-state index is 14.0. The first-order valence-corrected chi connectivity index (χ1v) is 17.0. The number of carbonyl (C=O) groups excluding carboxylic acids is 3. The lowest BCUT2D eigenvalue weighted by molar-refractivity contribution is -0.143. The van der Waals surface area contributed by atoms with E-state index in [2.05, 4.69) is 10.3 Å². The standard InChI is InChI=1S/C34H52N4O5S/c1-23(2)16-30(39)33(42)29(17-25-12-8-6-9-13-25)36-34(43)27(18-28-21-44-22-35-28)19-31(40)38(20-32(41)37(4)5)24(3)26-14-10-7-11-15-26/h7,10-11,14-15,21-25,27,29-30,33,39,42H,6,8-9,12-13,16-20H2,1-5H3,(H,36,43)/t24-,27+,29-,30+,33+/m0/s1. The van der Waals surface area contributed by atoms with E-state index in [9.17, 15) is 24.6 Å². The van der Waals surface area contributed by atoms with Crippen molar-refractivity contribution in [2.24, 2.45) is 17.8 Å². The SMILES string of the molecule is CC(C)C[C@@H](O)[C@H](O)[C@H](CC1CCCCC1)NC(=O)[C@@H](CC(=O)N(CC(=O)N(C)C)[C@@H](C)c1ccccc1)Cc1cscn1. The number of nitrogens with one attached hydrogen (secondary N) is 1. The predicted molar refractivity (Wildman–Crippen MR) is 174 cm³/mol. The zero-order chi connectivity index (χ0) is 32.2. The van der Waals surface area contributed by atoms with E-state index in [-0.39, 0.29) is 49.1 Å². The summed E-state index contributed by atoms with van der Waals surface area (Å²) in [6.07, 6.45) is 4.54. The molecule has 1 saturated carbocycles. The van der Waals surface area contributed by atoms with Crippen molar-refractivity contribution < 1.29 is 24.6 Å². The molecule has 5 atom stereocenters. The van der Waals surface area contributed by atoms with E-state index in [0.717, 1.165) is 31.2 Å². The molecular weight excluding hydrogens is 576 g/mol. The van der Waals surface area contributed by atoms with Crippen LogP contribution in [0.3, 0.4) is 0 Å². The summed E-state index contributed by atoms with van der Waals surface area (Å²) < 4.78 is 0. The number of hydrogen-bond donors (Lipinski definition) is 3. The summed E-state index contributed by atoms with van der Waals surface area (Å²) in [6.45, 7) is 5.75. The highest BCUT2D eigenvalue weighted by Gasteiger charge is 2.35. The van der Waals surface area contributed by atoms with Crippen molar-refractivity contribution in [1.82, 2.24) is 20.1 Å². The van der Waals surface area contributed by atoms with Crippen LogP contribution in [0.2, 0.25) is 0 Å². The summed E-state index contributed by atoms with van der Waals surface area (Å²) in [6, 6.07) is 8.51. The number of benzene rings is 1. The van der Waals surface area contributed by atoms with Crippen LogP contribution in [0.5, 0.6) is 0 Å². The zero-order valence-electron chi connectivity index (χ0n) is 27.0. The summed E-state index contributed by atoms with van der Waals surface area (Å²) in [4.78, 5) is 48.2. The van der Waals surface area contributed by atoms with Gasteiger partial charge in [0.15, 0.2) is 0 Å². The van der Waals surface area contributed by atoms with Crippen LogP contribution in [0, 0.1) is 17.8 Å². The second kappa shape index (κ2) is 17.6. The Morgan fingerprint density at radius 2 is 1.70 bits per heavy atom. The molecule has 2 aromatic rings. The van der Waals surface area contributed by atoms with Crippen LogP contribution in [0.1, 0.15) is 89.4 Å². The van der Waals surface area contributed by atoms with E-state index in [1.807, 2.05) is 56.5 Å². The molecule has 0 spiro atoms. The van der Waals surface area contributed by atoms with Gasteiger partial charge in [-0.15, -0.1) is 11.3 Å². The van der Waals surface area contributed by atoms with Crippen LogP contribution in [0.25, 0.3) is 0 Å². The lowest BCUT2D eigenvalue weighted by Crippen LogP contribution is -2.52. The second-order valence-electron chi connectivity index (χ2n) is 13.0. The summed E-state index contributed by atoms with van der Waals surface area (Å²) in [7, 11) is 3.31. The number of thiazole rings is 1. The molecule has 1 fully saturated rings. The number of rotatable bonds is 16. The van der Waals surface area contributed by atoms with Crippen LogP contribution in [0.15, 0.2) is 41.2 Å². The van der Waals surface area contributed by atoms with Crippen molar-refractivity contribution in [2.45, 2.75) is 103 Å². The van der Waals surface area contributed by atoms with E-state index >= 15 is 0 Å². The number of aliphatic hydroxyl groups is 2. The molecule has 3 N–H and O–H groups in total. The lowest BCUT2D eigenvalue weighted by Gasteiger charge is -2.34. The Kier molecular flexibility index (Phi) is 14.3. The first-order chi connectivity index (χ1) is 21.0. The second-order valence-corrected chi connectivity index (χ2v) is 13.7. The minimum absolute atomic E-state index is 0.114. The number of likely N-dealkylation sites (N-methyl/N-ethyl adjacent to an activating group) is 1. The molecule has 0 unspecified atom stereocenters. The Labute approximate surface area is 267 Å². The molecule has 1 aromatic carbocycles. The van der Waals surface area contributed by atoms with Gasteiger partial charge in [-0.05, 0) is 37.2 Å². The van der Waals surface area contributed by atoms with Gasteiger partial charge in [-0.1, -0.05) is 76.3 Å². The molecule has 1 aliphatic rings. The fourth-order valence-corrected chi connectivity index (χ4v) is 6.64. The molecule has 0 radical (unpaired) electrons. The van der Waals surface area contributed by atoms with E-state index in [4.69, 9.17) is 0 Å². The largest absolute Gasteiger partial charge is 0.390 e. The van der Waals surface area contributed by atoms with Crippen LogP contribution >= 0.6 is 11.3 Å². The Morgan fingerprint density at radius 3 is 2.30 bits per heavy atom. The molecule has 9 nitrogen and oxygen atoms in total. The molecular formula is C34H52N4O5S. The van der Waals surface area contributed by atoms with Crippen molar-refractivity contribution in [1.29, 1.82) is 0 Å². The fourth-order valence-electron chi connectivity index (χ4n) is 6.07. The number of aliphatic hydroxyl groups excluding tert-OH is 2. The smallest absolute Gasteiger partial charge is 0.241 e. The number of nitrogens with zero attached hydrogens (tertiary/aromatic N) is 3. The average Bonchev–Trinajstić information content (AvgIpc) is 3.52. The third-order valence-corrected chi connectivity index (χ3v) is 9.40. The van der Waals surface area contributed by atoms with Gasteiger partial charge in [0.05, 0.1) is 35.3 Å². The van der Waals surface area contributed by atoms with Gasteiger partial charge in [0, 0.05) is 32.3 Å². The molecule has 1 heterocycles. The van der Waals surface area contributed by atoms with Gasteiger partial charge in [0.1, 0.15) is 12.6 Å². The van der Waals surface area contributed by atoms with Crippen LogP contribution in [0.4, 0.5) is 0 Å². The van der Waals surface area contributed by atoms with Crippen LogP contribution < -0.4 is 5.32 Å². The molecule has 1 aliphatic carbocycles. The molecule has 0 aliphatic heterocycles. The topological polar surface area (TPSA) is 123 Å². The summed E-state index contributed by atoms with van der Waals surface area (Å²) in [5.74, 6) is -1.11. The Balaban J connectivity index is 1.86. The van der Waals surface area contributed by atoms with Crippen molar-refractivity contribution in [2.75, 3.05) is 20.6 Å². The fraction of sp³-hybridized carbons (Fsp3) is 0.647. The molecule has 0 bridgehead atoms. The molecule has 0 saturated heterocycles. The van der Waals surface area contributed by atoms with Crippen molar-refractivity contribution >= 4 is 29.1 Å². The van der Waals surface area contributed by atoms with Gasteiger partial charge in [-0.2, -0.15) is 0 Å². The van der Waals surface area contributed by atoms with Gasteiger partial charge in [0.2, 0.25) is 17.7 Å². The molecule has 244 valence electrons. The summed E-state index contributed by atoms with van der Waals surface area (Å²) in [5, 5.41) is 27.1. The Morgan fingerprint density at radius 1 is 1.02 bits per heavy atom. The van der Waals surface area contributed by atoms with E-state index in [0.29, 0.717) is 24.5 Å².